The van der Waals surface area contributed by atoms with E-state index in [1.54, 1.807) is 24.0 Å². The van der Waals surface area contributed by atoms with Gasteiger partial charge in [-0.1, -0.05) is 18.5 Å². The summed E-state index contributed by atoms with van der Waals surface area (Å²) >= 11 is 6.21. The molecule has 2 N–H and O–H groups in total. The Morgan fingerprint density at radius 3 is 2.26 bits per heavy atom. The summed E-state index contributed by atoms with van der Waals surface area (Å²) in [6.45, 7) is 6.62. The van der Waals surface area contributed by atoms with Crippen LogP contribution in [0.25, 0.3) is 0 Å². The van der Waals surface area contributed by atoms with Crippen molar-refractivity contribution in [3.05, 3.63) is 51.9 Å². The summed E-state index contributed by atoms with van der Waals surface area (Å²) in [7, 11) is 0. The SMILES string of the molecule is CCc1oc(C(=O)Nc2ccc(C(=O)N(CC)CC)c(Cl)c2)cc1C(=O)O. The number of halogens is 1. The predicted molar refractivity (Wildman–Crippen MR) is 102 cm³/mol. The Balaban J connectivity index is 2.21. The van der Waals surface area contributed by atoms with E-state index in [1.165, 1.54) is 12.1 Å². The molecule has 8 heteroatoms. The van der Waals surface area contributed by atoms with Gasteiger partial charge in [0.25, 0.3) is 11.8 Å². The lowest BCUT2D eigenvalue weighted by molar-refractivity contribution is 0.0693. The summed E-state index contributed by atoms with van der Waals surface area (Å²) in [6, 6.07) is 5.76. The van der Waals surface area contributed by atoms with E-state index in [0.29, 0.717) is 30.8 Å². The van der Waals surface area contributed by atoms with Gasteiger partial charge in [-0.25, -0.2) is 4.79 Å². The van der Waals surface area contributed by atoms with Crippen LogP contribution in [0.3, 0.4) is 0 Å². The fourth-order valence-electron chi connectivity index (χ4n) is 2.62. The second kappa shape index (κ2) is 8.73. The predicted octanol–water partition coefficient (Wildman–Crippen LogP) is 3.93. The molecule has 1 heterocycles. The molecule has 0 bridgehead atoms. The van der Waals surface area contributed by atoms with E-state index in [1.807, 2.05) is 13.8 Å². The molecule has 0 fully saturated rings. The van der Waals surface area contributed by atoms with Gasteiger partial charge in [-0.05, 0) is 32.0 Å². The average Bonchev–Trinajstić information content (AvgIpc) is 3.07. The third-order valence-corrected chi connectivity index (χ3v) is 4.41. The van der Waals surface area contributed by atoms with Crippen LogP contribution in [0, 0.1) is 0 Å². The third kappa shape index (κ3) is 4.49. The van der Waals surface area contributed by atoms with Gasteiger partial charge in [0.05, 0.1) is 10.6 Å². The molecule has 0 saturated carbocycles. The molecule has 27 heavy (non-hydrogen) atoms. The number of carbonyl (C=O) groups excluding carboxylic acids is 2. The van der Waals surface area contributed by atoms with Crippen LogP contribution in [0.2, 0.25) is 5.02 Å². The van der Waals surface area contributed by atoms with Crippen LogP contribution >= 0.6 is 11.6 Å². The minimum absolute atomic E-state index is 0.0409. The minimum atomic E-state index is -1.16. The summed E-state index contributed by atoms with van der Waals surface area (Å²) in [4.78, 5) is 37.6. The molecule has 0 unspecified atom stereocenters. The number of carboxylic acids is 1. The van der Waals surface area contributed by atoms with E-state index in [2.05, 4.69) is 5.32 Å². The summed E-state index contributed by atoms with van der Waals surface area (Å²) in [5.41, 5.74) is 0.672. The molecule has 0 aliphatic rings. The highest BCUT2D eigenvalue weighted by atomic mass is 35.5. The fourth-order valence-corrected chi connectivity index (χ4v) is 2.89. The number of anilines is 1. The molecule has 0 aliphatic heterocycles. The Morgan fingerprint density at radius 2 is 1.78 bits per heavy atom. The lowest BCUT2D eigenvalue weighted by Gasteiger charge is -2.19. The number of carboxylic acid groups (broad SMARTS) is 1. The highest BCUT2D eigenvalue weighted by molar-refractivity contribution is 6.34. The van der Waals surface area contributed by atoms with Crippen molar-refractivity contribution in [3.63, 3.8) is 0 Å². The Morgan fingerprint density at radius 1 is 1.11 bits per heavy atom. The van der Waals surface area contributed by atoms with Crippen molar-refractivity contribution in [2.45, 2.75) is 27.2 Å². The quantitative estimate of drug-likeness (QED) is 0.743. The maximum atomic E-state index is 12.4. The molecular formula is C19H21ClN2O5. The maximum Gasteiger partial charge on any atom is 0.339 e. The molecule has 1 aromatic carbocycles. The zero-order valence-electron chi connectivity index (χ0n) is 15.3. The summed E-state index contributed by atoms with van der Waals surface area (Å²) in [6.07, 6.45) is 0.350. The van der Waals surface area contributed by atoms with Crippen molar-refractivity contribution >= 4 is 35.1 Å². The Labute approximate surface area is 161 Å². The number of aromatic carboxylic acids is 1. The van der Waals surface area contributed by atoms with Crippen LogP contribution in [-0.4, -0.2) is 40.9 Å². The number of carbonyl (C=O) groups is 3. The smallest absolute Gasteiger partial charge is 0.339 e. The first kappa shape index (κ1) is 20.5. The van der Waals surface area contributed by atoms with Gasteiger partial charge in [0.2, 0.25) is 0 Å². The van der Waals surface area contributed by atoms with Crippen LogP contribution in [0.15, 0.2) is 28.7 Å². The number of rotatable bonds is 7. The van der Waals surface area contributed by atoms with E-state index in [0.717, 1.165) is 0 Å². The number of amides is 2. The third-order valence-electron chi connectivity index (χ3n) is 4.09. The summed E-state index contributed by atoms with van der Waals surface area (Å²) < 4.78 is 5.33. The van der Waals surface area contributed by atoms with Gasteiger partial charge in [0, 0.05) is 31.3 Å². The number of hydrogen-bond donors (Lipinski definition) is 2. The normalized spacial score (nSPS) is 10.5. The van der Waals surface area contributed by atoms with Crippen molar-refractivity contribution < 1.29 is 23.9 Å². The number of aryl methyl sites for hydroxylation is 1. The Hall–Kier alpha value is -2.80. The molecule has 144 valence electrons. The first-order chi connectivity index (χ1) is 12.8. The zero-order chi connectivity index (χ0) is 20.1. The van der Waals surface area contributed by atoms with Crippen LogP contribution < -0.4 is 5.32 Å². The first-order valence-corrected chi connectivity index (χ1v) is 8.96. The van der Waals surface area contributed by atoms with Crippen LogP contribution in [0.5, 0.6) is 0 Å². The molecule has 0 aliphatic carbocycles. The summed E-state index contributed by atoms with van der Waals surface area (Å²) in [5.74, 6) is -1.82. The van der Waals surface area contributed by atoms with Crippen molar-refractivity contribution in [1.82, 2.24) is 4.90 Å². The highest BCUT2D eigenvalue weighted by Crippen LogP contribution is 2.24. The highest BCUT2D eigenvalue weighted by Gasteiger charge is 2.21. The molecule has 0 atom stereocenters. The molecule has 2 amide bonds. The average molecular weight is 393 g/mol. The molecule has 7 nitrogen and oxygen atoms in total. The minimum Gasteiger partial charge on any atom is -0.478 e. The Bertz CT molecular complexity index is 871. The van der Waals surface area contributed by atoms with Gasteiger partial charge in [-0.2, -0.15) is 0 Å². The fraction of sp³-hybridized carbons (Fsp3) is 0.316. The van der Waals surface area contributed by atoms with Gasteiger partial charge in [-0.3, -0.25) is 9.59 Å². The molecule has 0 saturated heterocycles. The second-order valence-corrected chi connectivity index (χ2v) is 6.14. The lowest BCUT2D eigenvalue weighted by Crippen LogP contribution is -2.30. The van der Waals surface area contributed by atoms with E-state index in [4.69, 9.17) is 21.1 Å². The van der Waals surface area contributed by atoms with Gasteiger partial charge in [0.15, 0.2) is 5.76 Å². The molecular weight excluding hydrogens is 372 g/mol. The maximum absolute atomic E-state index is 12.4. The number of nitrogens with one attached hydrogen (secondary N) is 1. The van der Waals surface area contributed by atoms with Gasteiger partial charge in [0.1, 0.15) is 11.3 Å². The Kier molecular flexibility index (Phi) is 6.63. The summed E-state index contributed by atoms with van der Waals surface area (Å²) in [5, 5.41) is 11.9. The van der Waals surface area contributed by atoms with Gasteiger partial charge >= 0.3 is 5.97 Å². The molecule has 2 rings (SSSR count). The van der Waals surface area contributed by atoms with Crippen LogP contribution in [-0.2, 0) is 6.42 Å². The molecule has 0 radical (unpaired) electrons. The number of nitrogens with zero attached hydrogens (tertiary/aromatic N) is 1. The van der Waals surface area contributed by atoms with Gasteiger partial charge in [-0.15, -0.1) is 0 Å². The van der Waals surface area contributed by atoms with Crippen molar-refractivity contribution in [2.24, 2.45) is 0 Å². The largest absolute Gasteiger partial charge is 0.478 e. The number of hydrogen-bond acceptors (Lipinski definition) is 4. The van der Waals surface area contributed by atoms with Crippen molar-refractivity contribution in [1.29, 1.82) is 0 Å². The van der Waals surface area contributed by atoms with E-state index in [9.17, 15) is 14.4 Å². The molecule has 2 aromatic rings. The molecule has 0 spiro atoms. The van der Waals surface area contributed by atoms with E-state index < -0.39 is 11.9 Å². The number of benzene rings is 1. The van der Waals surface area contributed by atoms with Gasteiger partial charge < -0.3 is 19.7 Å². The molecule has 1 aromatic heterocycles. The topological polar surface area (TPSA) is 99.9 Å². The zero-order valence-corrected chi connectivity index (χ0v) is 16.1. The monoisotopic (exact) mass is 392 g/mol. The van der Waals surface area contributed by atoms with E-state index >= 15 is 0 Å². The standard InChI is InChI=1S/C19H21ClN2O5/c1-4-15-13(19(25)26)10-16(27-15)17(23)21-11-7-8-12(14(20)9-11)18(24)22(5-2)6-3/h7-10H,4-6H2,1-3H3,(H,21,23)(H,25,26). The van der Waals surface area contributed by atoms with Crippen molar-refractivity contribution in [2.75, 3.05) is 18.4 Å². The van der Waals surface area contributed by atoms with Crippen molar-refractivity contribution in [3.8, 4) is 0 Å². The van der Waals surface area contributed by atoms with Crippen LogP contribution in [0.1, 0.15) is 57.8 Å². The van der Waals surface area contributed by atoms with Crippen LogP contribution in [0.4, 0.5) is 5.69 Å². The number of furan rings is 1. The first-order valence-electron chi connectivity index (χ1n) is 8.58. The van der Waals surface area contributed by atoms with E-state index in [-0.39, 0.29) is 28.0 Å². The second-order valence-electron chi connectivity index (χ2n) is 5.73. The lowest BCUT2D eigenvalue weighted by atomic mass is 10.1.